The van der Waals surface area contributed by atoms with Crippen LogP contribution >= 0.6 is 0 Å². The zero-order valence-electron chi connectivity index (χ0n) is 17.6. The number of nitrogens with zero attached hydrogens (tertiary/aromatic N) is 2. The number of amides is 2. The van der Waals surface area contributed by atoms with Crippen molar-refractivity contribution in [2.24, 2.45) is 5.92 Å². The molecule has 0 radical (unpaired) electrons. The SMILES string of the molecule is COc1ccc(C)cc1NC(=O)c1cc(C2CCN(C(=O)C3CCCC3)CC2)no1. The lowest BCUT2D eigenvalue weighted by molar-refractivity contribution is -0.136. The largest absolute Gasteiger partial charge is 0.495 e. The van der Waals surface area contributed by atoms with Gasteiger partial charge in [0.15, 0.2) is 0 Å². The van der Waals surface area contributed by atoms with Gasteiger partial charge in [0.05, 0.1) is 18.5 Å². The molecule has 2 fully saturated rings. The van der Waals surface area contributed by atoms with E-state index in [0.29, 0.717) is 17.3 Å². The van der Waals surface area contributed by atoms with Gasteiger partial charge >= 0.3 is 0 Å². The van der Waals surface area contributed by atoms with Crippen LogP contribution in [0.5, 0.6) is 5.75 Å². The number of carbonyl (C=O) groups is 2. The van der Waals surface area contributed by atoms with Crippen LogP contribution in [0.25, 0.3) is 0 Å². The number of hydrogen-bond acceptors (Lipinski definition) is 5. The third-order valence-electron chi connectivity index (χ3n) is 6.28. The van der Waals surface area contributed by atoms with Crippen molar-refractivity contribution in [2.75, 3.05) is 25.5 Å². The molecular formula is C23H29N3O4. The summed E-state index contributed by atoms with van der Waals surface area (Å²) in [5.74, 6) is 1.16. The standard InChI is InChI=1S/C23H29N3O4/c1-15-7-8-20(29-2)19(13-15)24-22(27)21-14-18(25-30-21)16-9-11-26(12-10-16)23(28)17-5-3-4-6-17/h7-8,13-14,16-17H,3-6,9-12H2,1-2H3,(H,24,27). The van der Waals surface area contributed by atoms with Gasteiger partial charge < -0.3 is 19.5 Å². The number of likely N-dealkylation sites (tertiary alicyclic amines) is 1. The summed E-state index contributed by atoms with van der Waals surface area (Å²) in [5.41, 5.74) is 2.40. The lowest BCUT2D eigenvalue weighted by Crippen LogP contribution is -2.40. The number of ether oxygens (including phenoxy) is 1. The average Bonchev–Trinajstić information content (AvgIpc) is 3.46. The predicted octanol–water partition coefficient (Wildman–Crippen LogP) is 4.14. The maximum atomic E-state index is 12.6. The fraction of sp³-hybridized carbons (Fsp3) is 0.522. The molecule has 0 bridgehead atoms. The molecule has 0 atom stereocenters. The fourth-order valence-electron chi connectivity index (χ4n) is 4.52. The molecule has 4 rings (SSSR count). The quantitative estimate of drug-likeness (QED) is 0.799. The van der Waals surface area contributed by atoms with E-state index in [9.17, 15) is 9.59 Å². The molecule has 7 nitrogen and oxygen atoms in total. The summed E-state index contributed by atoms with van der Waals surface area (Å²) in [7, 11) is 1.57. The van der Waals surface area contributed by atoms with E-state index < -0.39 is 0 Å². The third kappa shape index (κ3) is 4.35. The summed E-state index contributed by atoms with van der Waals surface area (Å²) in [6.45, 7) is 3.44. The van der Waals surface area contributed by atoms with Crippen molar-refractivity contribution >= 4 is 17.5 Å². The van der Waals surface area contributed by atoms with Crippen LogP contribution in [0.15, 0.2) is 28.8 Å². The lowest BCUT2D eigenvalue weighted by Gasteiger charge is -2.32. The molecule has 1 saturated carbocycles. The number of carbonyl (C=O) groups excluding carboxylic acids is 2. The van der Waals surface area contributed by atoms with E-state index in [1.807, 2.05) is 30.0 Å². The Morgan fingerprint density at radius 3 is 2.57 bits per heavy atom. The zero-order chi connectivity index (χ0) is 21.1. The minimum absolute atomic E-state index is 0.179. The first-order chi connectivity index (χ1) is 14.5. The highest BCUT2D eigenvalue weighted by Crippen LogP contribution is 2.32. The molecule has 1 aromatic heterocycles. The molecule has 7 heteroatoms. The Balaban J connectivity index is 1.36. The van der Waals surface area contributed by atoms with Crippen LogP contribution in [0, 0.1) is 12.8 Å². The summed E-state index contributed by atoms with van der Waals surface area (Å²) >= 11 is 0. The fourth-order valence-corrected chi connectivity index (χ4v) is 4.52. The molecule has 160 valence electrons. The van der Waals surface area contributed by atoms with Gasteiger partial charge in [-0.2, -0.15) is 0 Å². The summed E-state index contributed by atoms with van der Waals surface area (Å²) in [4.78, 5) is 27.2. The van der Waals surface area contributed by atoms with Crippen molar-refractivity contribution in [2.45, 2.75) is 51.4 Å². The van der Waals surface area contributed by atoms with Crippen LogP contribution in [-0.4, -0.2) is 42.1 Å². The lowest BCUT2D eigenvalue weighted by atomic mass is 9.92. The topological polar surface area (TPSA) is 84.7 Å². The molecule has 1 aliphatic carbocycles. The predicted molar refractivity (Wildman–Crippen MR) is 113 cm³/mol. The second-order valence-electron chi connectivity index (χ2n) is 8.35. The van der Waals surface area contributed by atoms with Crippen LogP contribution in [0.2, 0.25) is 0 Å². The summed E-state index contributed by atoms with van der Waals surface area (Å²) < 4.78 is 10.6. The molecule has 1 N–H and O–H groups in total. The maximum absolute atomic E-state index is 12.6. The van der Waals surface area contributed by atoms with E-state index in [-0.39, 0.29) is 23.5 Å². The van der Waals surface area contributed by atoms with Crippen molar-refractivity contribution < 1.29 is 18.8 Å². The van der Waals surface area contributed by atoms with Crippen LogP contribution in [0.1, 0.15) is 66.3 Å². The van der Waals surface area contributed by atoms with Gasteiger partial charge in [-0.15, -0.1) is 0 Å². The molecule has 2 heterocycles. The minimum Gasteiger partial charge on any atom is -0.495 e. The van der Waals surface area contributed by atoms with Gasteiger partial charge in [-0.25, -0.2) is 0 Å². The van der Waals surface area contributed by atoms with Gasteiger partial charge in [-0.3, -0.25) is 9.59 Å². The number of anilines is 1. The van der Waals surface area contributed by atoms with Gasteiger partial charge in [0, 0.05) is 31.0 Å². The summed E-state index contributed by atoms with van der Waals surface area (Å²) in [6.07, 6.45) is 6.10. The highest BCUT2D eigenvalue weighted by atomic mass is 16.5. The van der Waals surface area contributed by atoms with Gasteiger partial charge in [0.1, 0.15) is 5.75 Å². The van der Waals surface area contributed by atoms with E-state index in [0.717, 1.165) is 50.0 Å². The molecule has 1 saturated heterocycles. The van der Waals surface area contributed by atoms with Crippen LogP contribution < -0.4 is 10.1 Å². The highest BCUT2D eigenvalue weighted by molar-refractivity contribution is 6.03. The van der Waals surface area contributed by atoms with Crippen LogP contribution in [0.3, 0.4) is 0 Å². The number of nitrogens with one attached hydrogen (secondary N) is 1. The Morgan fingerprint density at radius 2 is 1.87 bits per heavy atom. The van der Waals surface area contributed by atoms with Crippen molar-refractivity contribution in [1.29, 1.82) is 0 Å². The first-order valence-corrected chi connectivity index (χ1v) is 10.8. The molecule has 0 unspecified atom stereocenters. The monoisotopic (exact) mass is 411 g/mol. The van der Waals surface area contributed by atoms with E-state index in [1.165, 1.54) is 12.8 Å². The molecule has 2 aliphatic rings. The van der Waals surface area contributed by atoms with Crippen LogP contribution in [-0.2, 0) is 4.79 Å². The molecular weight excluding hydrogens is 382 g/mol. The second kappa shape index (κ2) is 8.90. The Bertz CT molecular complexity index is 909. The minimum atomic E-state index is -0.355. The van der Waals surface area contributed by atoms with Crippen molar-refractivity contribution in [1.82, 2.24) is 10.1 Å². The van der Waals surface area contributed by atoms with Gasteiger partial charge in [0.25, 0.3) is 5.91 Å². The number of aromatic nitrogens is 1. The molecule has 1 aliphatic heterocycles. The molecule has 30 heavy (non-hydrogen) atoms. The Kier molecular flexibility index (Phi) is 6.06. The Morgan fingerprint density at radius 1 is 1.13 bits per heavy atom. The number of methoxy groups -OCH3 is 1. The van der Waals surface area contributed by atoms with Crippen molar-refractivity contribution in [3.05, 3.63) is 41.3 Å². The summed E-state index contributed by atoms with van der Waals surface area (Å²) in [6, 6.07) is 7.31. The Hall–Kier alpha value is -2.83. The van der Waals surface area contributed by atoms with Gasteiger partial charge in [-0.1, -0.05) is 24.1 Å². The molecule has 0 spiro atoms. The van der Waals surface area contributed by atoms with E-state index in [4.69, 9.17) is 9.26 Å². The molecule has 2 aromatic rings. The normalized spacial score (nSPS) is 17.9. The van der Waals surface area contributed by atoms with Crippen molar-refractivity contribution in [3.8, 4) is 5.75 Å². The van der Waals surface area contributed by atoms with E-state index in [1.54, 1.807) is 13.2 Å². The molecule has 1 aromatic carbocycles. The first kappa shape index (κ1) is 20.4. The first-order valence-electron chi connectivity index (χ1n) is 10.8. The zero-order valence-corrected chi connectivity index (χ0v) is 17.6. The second-order valence-corrected chi connectivity index (χ2v) is 8.35. The number of aryl methyl sites for hydroxylation is 1. The van der Waals surface area contributed by atoms with E-state index >= 15 is 0 Å². The Labute approximate surface area is 176 Å². The van der Waals surface area contributed by atoms with Crippen LogP contribution in [0.4, 0.5) is 5.69 Å². The third-order valence-corrected chi connectivity index (χ3v) is 6.28. The van der Waals surface area contributed by atoms with Crippen molar-refractivity contribution in [3.63, 3.8) is 0 Å². The van der Waals surface area contributed by atoms with Gasteiger partial charge in [-0.05, 0) is 50.3 Å². The summed E-state index contributed by atoms with van der Waals surface area (Å²) in [5, 5.41) is 6.98. The number of piperidine rings is 1. The average molecular weight is 412 g/mol. The smallest absolute Gasteiger partial charge is 0.294 e. The van der Waals surface area contributed by atoms with Gasteiger partial charge in [0.2, 0.25) is 11.7 Å². The number of rotatable bonds is 5. The highest BCUT2D eigenvalue weighted by Gasteiger charge is 2.31. The van der Waals surface area contributed by atoms with E-state index in [2.05, 4.69) is 10.5 Å². The number of hydrogen-bond donors (Lipinski definition) is 1. The maximum Gasteiger partial charge on any atom is 0.294 e. The molecule has 2 amide bonds. The number of benzene rings is 1.